The standard InChI is InChI=1S/C19H26N4O3S.ClH/c1-2-15(14-27(25,26)17-8-4-3-5-9-17)21-19(24)18-10-12-23(22-18)16-7-6-11-20-13-16;/h3-5,8-10,12,15-16,20H,2,6-7,11,13-14H2,1H3,(H,21,24);1H. The molecule has 0 bridgehead atoms. The first kappa shape index (κ1) is 22.4. The number of nitrogens with zero attached hydrogens (tertiary/aromatic N) is 2. The molecular formula is C19H27ClN4O3S. The number of halogens is 1. The second-order valence-corrected chi connectivity index (χ2v) is 8.89. The largest absolute Gasteiger partial charge is 0.347 e. The molecule has 2 unspecified atom stereocenters. The van der Waals surface area contributed by atoms with Crippen LogP contribution in [0.2, 0.25) is 0 Å². The molecule has 3 rings (SSSR count). The highest BCUT2D eigenvalue weighted by Gasteiger charge is 2.23. The van der Waals surface area contributed by atoms with Crippen molar-refractivity contribution in [3.8, 4) is 0 Å². The van der Waals surface area contributed by atoms with Crippen LogP contribution in [0.1, 0.15) is 42.7 Å². The number of sulfone groups is 1. The third-order valence-electron chi connectivity index (χ3n) is 4.84. The van der Waals surface area contributed by atoms with E-state index >= 15 is 0 Å². The molecule has 154 valence electrons. The van der Waals surface area contributed by atoms with E-state index in [-0.39, 0.29) is 35.0 Å². The number of nitrogens with one attached hydrogen (secondary N) is 2. The molecule has 1 aromatic carbocycles. The summed E-state index contributed by atoms with van der Waals surface area (Å²) in [7, 11) is -3.46. The molecule has 2 aromatic rings. The summed E-state index contributed by atoms with van der Waals surface area (Å²) in [5, 5.41) is 10.5. The summed E-state index contributed by atoms with van der Waals surface area (Å²) in [5.41, 5.74) is 0.316. The maximum absolute atomic E-state index is 12.6. The number of benzene rings is 1. The molecule has 1 fully saturated rings. The zero-order chi connectivity index (χ0) is 19.3. The molecule has 28 heavy (non-hydrogen) atoms. The number of piperidine rings is 1. The number of amides is 1. The van der Waals surface area contributed by atoms with Crippen LogP contribution in [-0.4, -0.2) is 49.0 Å². The van der Waals surface area contributed by atoms with Gasteiger partial charge in [-0.1, -0.05) is 25.1 Å². The fourth-order valence-electron chi connectivity index (χ4n) is 3.23. The molecule has 7 nitrogen and oxygen atoms in total. The maximum Gasteiger partial charge on any atom is 0.272 e. The number of rotatable bonds is 7. The van der Waals surface area contributed by atoms with Gasteiger partial charge in [0.05, 0.1) is 16.7 Å². The first-order chi connectivity index (χ1) is 13.0. The molecule has 2 heterocycles. The lowest BCUT2D eigenvalue weighted by molar-refractivity contribution is 0.0933. The molecule has 2 atom stereocenters. The molecule has 0 aliphatic carbocycles. The Bertz CT molecular complexity index is 864. The summed E-state index contributed by atoms with van der Waals surface area (Å²) in [4.78, 5) is 12.8. The van der Waals surface area contributed by atoms with Crippen molar-refractivity contribution in [2.75, 3.05) is 18.8 Å². The van der Waals surface area contributed by atoms with Gasteiger partial charge in [0.2, 0.25) is 0 Å². The van der Waals surface area contributed by atoms with E-state index in [1.807, 2.05) is 17.8 Å². The molecule has 1 saturated heterocycles. The molecule has 0 radical (unpaired) electrons. The zero-order valence-electron chi connectivity index (χ0n) is 15.9. The first-order valence-electron chi connectivity index (χ1n) is 9.34. The van der Waals surface area contributed by atoms with E-state index in [9.17, 15) is 13.2 Å². The van der Waals surface area contributed by atoms with Crippen molar-refractivity contribution in [2.45, 2.75) is 43.2 Å². The minimum atomic E-state index is -3.46. The van der Waals surface area contributed by atoms with Crippen molar-refractivity contribution in [1.29, 1.82) is 0 Å². The number of aromatic nitrogens is 2. The maximum atomic E-state index is 12.6. The first-order valence-corrected chi connectivity index (χ1v) is 11.0. The van der Waals surface area contributed by atoms with Crippen LogP contribution >= 0.6 is 12.4 Å². The zero-order valence-corrected chi connectivity index (χ0v) is 17.5. The molecular weight excluding hydrogens is 400 g/mol. The average molecular weight is 427 g/mol. The lowest BCUT2D eigenvalue weighted by Gasteiger charge is -2.23. The highest BCUT2D eigenvalue weighted by Crippen LogP contribution is 2.16. The van der Waals surface area contributed by atoms with Crippen LogP contribution in [0.15, 0.2) is 47.5 Å². The number of carbonyl (C=O) groups is 1. The normalized spacial score (nSPS) is 18.1. The minimum Gasteiger partial charge on any atom is -0.347 e. The molecule has 9 heteroatoms. The molecule has 1 aliphatic rings. The molecule has 1 aliphatic heterocycles. The van der Waals surface area contributed by atoms with E-state index in [1.165, 1.54) is 0 Å². The van der Waals surface area contributed by atoms with Gasteiger partial charge in [0.15, 0.2) is 9.84 Å². The van der Waals surface area contributed by atoms with Crippen LogP contribution in [0, 0.1) is 0 Å². The van der Waals surface area contributed by atoms with E-state index in [4.69, 9.17) is 0 Å². The summed E-state index contributed by atoms with van der Waals surface area (Å²) in [6, 6.07) is 9.77. The quantitative estimate of drug-likeness (QED) is 0.708. The molecule has 2 N–H and O–H groups in total. The van der Waals surface area contributed by atoms with Gasteiger partial charge in [0, 0.05) is 18.8 Å². The van der Waals surface area contributed by atoms with Gasteiger partial charge in [-0.15, -0.1) is 12.4 Å². The van der Waals surface area contributed by atoms with Gasteiger partial charge in [0.25, 0.3) is 5.91 Å². The Morgan fingerprint density at radius 3 is 2.71 bits per heavy atom. The van der Waals surface area contributed by atoms with E-state index in [2.05, 4.69) is 15.7 Å². The predicted octanol–water partition coefficient (Wildman–Crippen LogP) is 2.21. The van der Waals surface area contributed by atoms with Crippen LogP contribution < -0.4 is 10.6 Å². The Kier molecular flexibility index (Phi) is 8.03. The van der Waals surface area contributed by atoms with Crippen LogP contribution in [0.5, 0.6) is 0 Å². The second-order valence-electron chi connectivity index (χ2n) is 6.85. The molecule has 1 aromatic heterocycles. The Labute approximate surface area is 172 Å². The third kappa shape index (κ3) is 5.56. The van der Waals surface area contributed by atoms with Gasteiger partial charge in [-0.3, -0.25) is 9.48 Å². The van der Waals surface area contributed by atoms with E-state index < -0.39 is 15.9 Å². The average Bonchev–Trinajstić information content (AvgIpc) is 3.19. The van der Waals surface area contributed by atoms with Gasteiger partial charge < -0.3 is 10.6 Å². The lowest BCUT2D eigenvalue weighted by atomic mass is 10.1. The number of hydrogen-bond donors (Lipinski definition) is 2. The topological polar surface area (TPSA) is 93.1 Å². The summed E-state index contributed by atoms with van der Waals surface area (Å²) in [6.07, 6.45) is 4.45. The van der Waals surface area contributed by atoms with Gasteiger partial charge in [-0.25, -0.2) is 8.42 Å². The number of hydrogen-bond acceptors (Lipinski definition) is 5. The fourth-order valence-corrected chi connectivity index (χ4v) is 4.84. The van der Waals surface area contributed by atoms with Crippen LogP contribution in [0.4, 0.5) is 0 Å². The highest BCUT2D eigenvalue weighted by atomic mass is 35.5. The van der Waals surface area contributed by atoms with Crippen molar-refractivity contribution < 1.29 is 13.2 Å². The van der Waals surface area contributed by atoms with Gasteiger partial charge in [-0.05, 0) is 44.0 Å². The van der Waals surface area contributed by atoms with E-state index in [1.54, 1.807) is 36.4 Å². The molecule has 1 amide bonds. The van der Waals surface area contributed by atoms with Crippen LogP contribution in [0.25, 0.3) is 0 Å². The van der Waals surface area contributed by atoms with E-state index in [0.717, 1.165) is 25.9 Å². The summed E-state index contributed by atoms with van der Waals surface area (Å²) >= 11 is 0. The van der Waals surface area contributed by atoms with Crippen molar-refractivity contribution in [3.05, 3.63) is 48.3 Å². The molecule has 0 spiro atoms. The third-order valence-corrected chi connectivity index (χ3v) is 6.67. The summed E-state index contributed by atoms with van der Waals surface area (Å²) in [5.74, 6) is -0.473. The Morgan fingerprint density at radius 2 is 2.07 bits per heavy atom. The summed E-state index contributed by atoms with van der Waals surface area (Å²) < 4.78 is 26.9. The van der Waals surface area contributed by atoms with Gasteiger partial charge in [0.1, 0.15) is 5.69 Å². The fraction of sp³-hybridized carbons (Fsp3) is 0.474. The highest BCUT2D eigenvalue weighted by molar-refractivity contribution is 7.91. The van der Waals surface area contributed by atoms with Crippen LogP contribution in [-0.2, 0) is 9.84 Å². The van der Waals surface area contributed by atoms with Crippen molar-refractivity contribution in [2.24, 2.45) is 0 Å². The van der Waals surface area contributed by atoms with Crippen LogP contribution in [0.3, 0.4) is 0 Å². The monoisotopic (exact) mass is 426 g/mol. The van der Waals surface area contributed by atoms with Crippen molar-refractivity contribution in [3.63, 3.8) is 0 Å². The SMILES string of the molecule is CCC(CS(=O)(=O)c1ccccc1)NC(=O)c1ccn(C2CCCNC2)n1.Cl. The van der Waals surface area contributed by atoms with Crippen molar-refractivity contribution in [1.82, 2.24) is 20.4 Å². The predicted molar refractivity (Wildman–Crippen MR) is 111 cm³/mol. The smallest absolute Gasteiger partial charge is 0.272 e. The Balaban J connectivity index is 0.00000280. The number of carbonyl (C=O) groups excluding carboxylic acids is 1. The van der Waals surface area contributed by atoms with Gasteiger partial charge >= 0.3 is 0 Å². The Hall–Kier alpha value is -1.90. The minimum absolute atomic E-state index is 0. The second kappa shape index (κ2) is 10.0. The van der Waals surface area contributed by atoms with E-state index in [0.29, 0.717) is 12.1 Å². The molecule has 0 saturated carbocycles. The summed E-state index contributed by atoms with van der Waals surface area (Å²) in [6.45, 7) is 3.71. The van der Waals surface area contributed by atoms with Crippen molar-refractivity contribution >= 4 is 28.2 Å². The lowest BCUT2D eigenvalue weighted by Crippen LogP contribution is -2.39. The Morgan fingerprint density at radius 1 is 1.32 bits per heavy atom. The van der Waals surface area contributed by atoms with Gasteiger partial charge in [-0.2, -0.15) is 5.10 Å².